The van der Waals surface area contributed by atoms with Gasteiger partial charge >= 0.3 is 0 Å². The second-order valence-electron chi connectivity index (χ2n) is 3.45. The minimum Gasteiger partial charge on any atom is -0.368 e. The lowest BCUT2D eigenvalue weighted by Crippen LogP contribution is -2.18. The van der Waals surface area contributed by atoms with Gasteiger partial charge in [0, 0.05) is 0 Å². The Labute approximate surface area is 91.7 Å². The molecule has 78 valence electrons. The maximum absolute atomic E-state index is 10.9. The molecule has 0 radical (unpaired) electrons. The number of aromatic amines is 1. The molecule has 1 heterocycles. The van der Waals surface area contributed by atoms with Crippen LogP contribution in [0.15, 0.2) is 18.2 Å². The fourth-order valence-electron chi connectivity index (χ4n) is 1.71. The lowest BCUT2D eigenvalue weighted by Gasteiger charge is -2.02. The van der Waals surface area contributed by atoms with Crippen LogP contribution in [0.5, 0.6) is 0 Å². The zero-order valence-electron chi connectivity index (χ0n) is 8.28. The van der Waals surface area contributed by atoms with Gasteiger partial charge in [-0.05, 0) is 30.8 Å². The number of nitrogens with two attached hydrogens (primary N) is 1. The molecule has 0 aliphatic heterocycles. The number of hydrogen-bond acceptors (Lipinski definition) is 2. The van der Waals surface area contributed by atoms with Crippen molar-refractivity contribution in [3.63, 3.8) is 0 Å². The molecule has 1 aromatic heterocycles. The van der Waals surface area contributed by atoms with Gasteiger partial charge in [-0.25, -0.2) is 0 Å². The third kappa shape index (κ3) is 1.66. The normalized spacial score (nSPS) is 10.7. The number of nitrogens with zero attached hydrogens (tertiary/aromatic N) is 1. The number of amides is 1. The highest BCUT2D eigenvalue weighted by Gasteiger charge is 2.07. The number of aromatic nitrogens is 2. The van der Waals surface area contributed by atoms with Crippen molar-refractivity contribution in [3.8, 4) is 0 Å². The number of carbonyl (C=O) groups is 1. The lowest BCUT2D eigenvalue weighted by atomic mass is 10.2. The number of primary amides is 1. The zero-order valence-corrected chi connectivity index (χ0v) is 9.10. The van der Waals surface area contributed by atoms with Crippen LogP contribution in [0.2, 0.25) is 0 Å². The van der Waals surface area contributed by atoms with Gasteiger partial charge in [0.1, 0.15) is 6.54 Å². The third-order valence-corrected chi connectivity index (χ3v) is 2.63. The molecule has 5 heteroatoms. The fraction of sp³-hybridized carbons (Fsp3) is 0.200. The van der Waals surface area contributed by atoms with E-state index in [0.717, 1.165) is 16.6 Å². The van der Waals surface area contributed by atoms with Crippen LogP contribution in [0, 0.1) is 11.7 Å². The van der Waals surface area contributed by atoms with Crippen molar-refractivity contribution in [2.75, 3.05) is 0 Å². The average molecular weight is 221 g/mol. The monoisotopic (exact) mass is 221 g/mol. The van der Waals surface area contributed by atoms with Gasteiger partial charge in [-0.15, -0.1) is 0 Å². The molecule has 3 N–H and O–H groups in total. The van der Waals surface area contributed by atoms with E-state index in [0.29, 0.717) is 4.77 Å². The molecular weight excluding hydrogens is 210 g/mol. The molecule has 1 aromatic carbocycles. The summed E-state index contributed by atoms with van der Waals surface area (Å²) in [6.45, 7) is 2.09. The first-order chi connectivity index (χ1) is 7.09. The fourth-order valence-corrected chi connectivity index (χ4v) is 1.97. The first kappa shape index (κ1) is 9.92. The summed E-state index contributed by atoms with van der Waals surface area (Å²) in [6, 6.07) is 5.84. The van der Waals surface area contributed by atoms with Gasteiger partial charge in [-0.2, -0.15) is 0 Å². The second-order valence-corrected chi connectivity index (χ2v) is 3.84. The molecule has 2 aromatic rings. The largest absolute Gasteiger partial charge is 0.368 e. The number of aryl methyl sites for hydroxylation is 1. The van der Waals surface area contributed by atoms with E-state index < -0.39 is 5.91 Å². The number of benzene rings is 1. The Bertz CT molecular complexity index is 582. The van der Waals surface area contributed by atoms with E-state index >= 15 is 0 Å². The standard InChI is InChI=1S/C10H11N3OS/c1-6-3-2-4-7-9(6)13(5-8(11)14)10(15)12-7/h2-4H,5H2,1H3,(H2,11,14)(H,12,15). The Morgan fingerprint density at radius 1 is 1.60 bits per heavy atom. The van der Waals surface area contributed by atoms with Crippen LogP contribution in [0.4, 0.5) is 0 Å². The van der Waals surface area contributed by atoms with Crippen LogP contribution in [0.25, 0.3) is 11.0 Å². The number of carbonyl (C=O) groups excluding carboxylic acids is 1. The number of hydrogen-bond donors (Lipinski definition) is 2. The van der Waals surface area contributed by atoms with E-state index in [9.17, 15) is 4.79 Å². The Balaban J connectivity index is 2.76. The first-order valence-electron chi connectivity index (χ1n) is 4.56. The van der Waals surface area contributed by atoms with Gasteiger partial charge in [0.05, 0.1) is 11.0 Å². The van der Waals surface area contributed by atoms with E-state index in [1.165, 1.54) is 0 Å². The van der Waals surface area contributed by atoms with Crippen LogP contribution in [-0.2, 0) is 11.3 Å². The van der Waals surface area contributed by atoms with Crippen molar-refractivity contribution in [1.82, 2.24) is 9.55 Å². The zero-order chi connectivity index (χ0) is 11.0. The molecule has 0 saturated heterocycles. The predicted molar refractivity (Wildman–Crippen MR) is 61.1 cm³/mol. The molecule has 0 aliphatic rings. The van der Waals surface area contributed by atoms with Gasteiger partial charge < -0.3 is 15.3 Å². The third-order valence-electron chi connectivity index (χ3n) is 2.31. The SMILES string of the molecule is Cc1cccc2[nH]c(=S)n(CC(N)=O)c12. The van der Waals surface area contributed by atoms with Crippen molar-refractivity contribution < 1.29 is 4.79 Å². The van der Waals surface area contributed by atoms with Crippen molar-refractivity contribution >= 4 is 29.2 Å². The average Bonchev–Trinajstić information content (AvgIpc) is 2.43. The maximum atomic E-state index is 10.9. The Kier molecular flexibility index (Phi) is 2.32. The smallest absolute Gasteiger partial charge is 0.237 e. The summed E-state index contributed by atoms with van der Waals surface area (Å²) < 4.78 is 2.25. The summed E-state index contributed by atoms with van der Waals surface area (Å²) in [4.78, 5) is 14.0. The Hall–Kier alpha value is -1.62. The van der Waals surface area contributed by atoms with E-state index in [1.54, 1.807) is 4.57 Å². The summed E-state index contributed by atoms with van der Waals surface area (Å²) in [5, 5.41) is 0. The molecular formula is C10H11N3OS. The minimum absolute atomic E-state index is 0.115. The topological polar surface area (TPSA) is 63.8 Å². The summed E-state index contributed by atoms with van der Waals surface area (Å²) >= 11 is 5.13. The lowest BCUT2D eigenvalue weighted by molar-refractivity contribution is -0.118. The summed E-state index contributed by atoms with van der Waals surface area (Å²) in [6.07, 6.45) is 0. The Morgan fingerprint density at radius 3 is 3.00 bits per heavy atom. The minimum atomic E-state index is -0.393. The van der Waals surface area contributed by atoms with E-state index in [1.807, 2.05) is 25.1 Å². The summed E-state index contributed by atoms with van der Waals surface area (Å²) in [5.74, 6) is -0.393. The van der Waals surface area contributed by atoms with Gasteiger partial charge in [0.15, 0.2) is 4.77 Å². The number of rotatable bonds is 2. The summed E-state index contributed by atoms with van der Waals surface area (Å²) in [7, 11) is 0. The van der Waals surface area contributed by atoms with Gasteiger partial charge in [0.2, 0.25) is 5.91 Å². The highest BCUT2D eigenvalue weighted by atomic mass is 32.1. The number of para-hydroxylation sites is 1. The number of imidazole rings is 1. The van der Waals surface area contributed by atoms with Crippen LogP contribution in [0.1, 0.15) is 5.56 Å². The van der Waals surface area contributed by atoms with E-state index in [-0.39, 0.29) is 6.54 Å². The Morgan fingerprint density at radius 2 is 2.33 bits per heavy atom. The summed E-state index contributed by atoms with van der Waals surface area (Å²) in [5.41, 5.74) is 8.12. The second kappa shape index (κ2) is 3.51. The molecule has 0 saturated carbocycles. The maximum Gasteiger partial charge on any atom is 0.237 e. The van der Waals surface area contributed by atoms with Gasteiger partial charge in [-0.1, -0.05) is 12.1 Å². The molecule has 4 nitrogen and oxygen atoms in total. The quantitative estimate of drug-likeness (QED) is 0.755. The van der Waals surface area contributed by atoms with Crippen molar-refractivity contribution in [3.05, 3.63) is 28.5 Å². The van der Waals surface area contributed by atoms with E-state index in [2.05, 4.69) is 4.98 Å². The molecule has 1 amide bonds. The number of H-pyrrole nitrogens is 1. The van der Waals surface area contributed by atoms with Crippen LogP contribution in [-0.4, -0.2) is 15.5 Å². The molecule has 0 fully saturated rings. The highest BCUT2D eigenvalue weighted by molar-refractivity contribution is 7.71. The van der Waals surface area contributed by atoms with Crippen LogP contribution in [0.3, 0.4) is 0 Å². The van der Waals surface area contributed by atoms with E-state index in [4.69, 9.17) is 18.0 Å². The molecule has 0 aliphatic carbocycles. The van der Waals surface area contributed by atoms with Crippen molar-refractivity contribution in [2.24, 2.45) is 5.73 Å². The molecule has 0 spiro atoms. The number of fused-ring (bicyclic) bond motifs is 1. The molecule has 0 bridgehead atoms. The van der Waals surface area contributed by atoms with Gasteiger partial charge in [0.25, 0.3) is 0 Å². The predicted octanol–water partition coefficient (Wildman–Crippen LogP) is 1.49. The van der Waals surface area contributed by atoms with Gasteiger partial charge in [-0.3, -0.25) is 4.79 Å². The number of nitrogens with one attached hydrogen (secondary N) is 1. The van der Waals surface area contributed by atoms with Crippen LogP contribution >= 0.6 is 12.2 Å². The molecule has 0 atom stereocenters. The van der Waals surface area contributed by atoms with Crippen molar-refractivity contribution in [1.29, 1.82) is 0 Å². The molecule has 15 heavy (non-hydrogen) atoms. The molecule has 0 unspecified atom stereocenters. The van der Waals surface area contributed by atoms with Crippen molar-refractivity contribution in [2.45, 2.75) is 13.5 Å². The van der Waals surface area contributed by atoms with Crippen LogP contribution < -0.4 is 5.73 Å². The highest BCUT2D eigenvalue weighted by Crippen LogP contribution is 2.17. The first-order valence-corrected chi connectivity index (χ1v) is 4.97. The molecule has 2 rings (SSSR count).